The van der Waals surface area contributed by atoms with E-state index in [0.717, 1.165) is 20.5 Å². The molecule has 34 heavy (non-hydrogen) atoms. The highest BCUT2D eigenvalue weighted by Crippen LogP contribution is 2.34. The van der Waals surface area contributed by atoms with Crippen molar-refractivity contribution >= 4 is 47.1 Å². The van der Waals surface area contributed by atoms with Gasteiger partial charge in [0.05, 0.1) is 23.8 Å². The summed E-state index contributed by atoms with van der Waals surface area (Å²) in [6.45, 7) is 0. The number of allylic oxidation sites excluding steroid dienone is 2. The van der Waals surface area contributed by atoms with Crippen LogP contribution in [0.5, 0.6) is 11.8 Å². The molecule has 0 amide bonds. The lowest BCUT2D eigenvalue weighted by Gasteiger charge is -2.08. The van der Waals surface area contributed by atoms with Gasteiger partial charge < -0.3 is 10.2 Å². The molecule has 12 heteroatoms. The Morgan fingerprint density at radius 3 is 1.62 bits per heavy atom. The van der Waals surface area contributed by atoms with Crippen molar-refractivity contribution in [1.29, 1.82) is 0 Å². The number of hydrogen-bond donors (Lipinski definition) is 4. The van der Waals surface area contributed by atoms with Crippen LogP contribution in [0.25, 0.3) is 23.3 Å². The summed E-state index contributed by atoms with van der Waals surface area (Å²) in [6, 6.07) is 3.49. The van der Waals surface area contributed by atoms with Crippen LogP contribution in [0.4, 0.5) is 11.4 Å². The SMILES string of the molecule is O=c1[nH]c(O)c(C=C2C=Nc3cnccc32)n1-n1c(C=C2C=Nc3cnccc32)c(O)[nH]c1=O. The van der Waals surface area contributed by atoms with Gasteiger partial charge in [0.25, 0.3) is 0 Å². The van der Waals surface area contributed by atoms with Crippen LogP contribution in [0, 0.1) is 0 Å². The normalized spacial score (nSPS) is 16.0. The molecule has 166 valence electrons. The van der Waals surface area contributed by atoms with Gasteiger partial charge in [-0.25, -0.2) is 9.59 Å². The summed E-state index contributed by atoms with van der Waals surface area (Å²) >= 11 is 0. The van der Waals surface area contributed by atoms with Crippen molar-refractivity contribution < 1.29 is 10.2 Å². The molecule has 4 aromatic rings. The van der Waals surface area contributed by atoms with E-state index in [-0.39, 0.29) is 11.4 Å². The number of imidazole rings is 2. The van der Waals surface area contributed by atoms with Crippen LogP contribution >= 0.6 is 0 Å². The fourth-order valence-corrected chi connectivity index (χ4v) is 3.92. The molecule has 0 fully saturated rings. The summed E-state index contributed by atoms with van der Waals surface area (Å²) < 4.78 is 1.86. The van der Waals surface area contributed by atoms with Crippen LogP contribution in [-0.4, -0.2) is 51.9 Å². The minimum Gasteiger partial charge on any atom is -0.493 e. The molecule has 6 rings (SSSR count). The van der Waals surface area contributed by atoms with Crippen molar-refractivity contribution in [1.82, 2.24) is 29.3 Å². The number of aromatic hydroxyl groups is 2. The Balaban J connectivity index is 1.55. The van der Waals surface area contributed by atoms with Gasteiger partial charge >= 0.3 is 11.4 Å². The number of rotatable bonds is 3. The monoisotopic (exact) mass is 454 g/mol. The predicted octanol–water partition coefficient (Wildman–Crippen LogP) is 1.69. The number of nitrogens with zero attached hydrogens (tertiary/aromatic N) is 6. The van der Waals surface area contributed by atoms with Gasteiger partial charge in [-0.05, 0) is 24.3 Å². The lowest BCUT2D eigenvalue weighted by Crippen LogP contribution is -2.33. The van der Waals surface area contributed by atoms with Crippen LogP contribution < -0.4 is 11.4 Å². The third kappa shape index (κ3) is 2.86. The molecule has 12 nitrogen and oxygen atoms in total. The Hall–Kier alpha value is -5.26. The molecular weight excluding hydrogens is 440 g/mol. The van der Waals surface area contributed by atoms with E-state index >= 15 is 0 Å². The maximum atomic E-state index is 12.8. The van der Waals surface area contributed by atoms with Crippen LogP contribution in [0.3, 0.4) is 0 Å². The van der Waals surface area contributed by atoms with E-state index in [1.807, 2.05) is 0 Å². The minimum atomic E-state index is -0.792. The largest absolute Gasteiger partial charge is 0.493 e. The highest BCUT2D eigenvalue weighted by Gasteiger charge is 2.23. The Bertz CT molecular complexity index is 1600. The van der Waals surface area contributed by atoms with Crippen molar-refractivity contribution in [2.45, 2.75) is 0 Å². The molecular formula is C22H14N8O4. The second-order valence-corrected chi connectivity index (χ2v) is 7.45. The zero-order valence-corrected chi connectivity index (χ0v) is 17.2. The van der Waals surface area contributed by atoms with Crippen molar-refractivity contribution in [2.24, 2.45) is 9.98 Å². The Morgan fingerprint density at radius 1 is 0.735 bits per heavy atom. The number of fused-ring (bicyclic) bond motifs is 2. The second kappa shape index (κ2) is 7.13. The van der Waals surface area contributed by atoms with E-state index in [0.29, 0.717) is 22.5 Å². The number of hydrogen-bond acceptors (Lipinski definition) is 8. The topological polar surface area (TPSA) is 167 Å². The van der Waals surface area contributed by atoms with Gasteiger partial charge in [-0.1, -0.05) is 0 Å². The number of pyridine rings is 2. The van der Waals surface area contributed by atoms with Gasteiger partial charge in [0, 0.05) is 47.1 Å². The van der Waals surface area contributed by atoms with Crippen molar-refractivity contribution in [2.75, 3.05) is 0 Å². The molecule has 2 aliphatic heterocycles. The van der Waals surface area contributed by atoms with E-state index in [2.05, 4.69) is 29.9 Å². The quantitative estimate of drug-likeness (QED) is 0.367. The predicted molar refractivity (Wildman–Crippen MR) is 125 cm³/mol. The molecule has 0 unspecified atom stereocenters. The molecule has 0 atom stereocenters. The van der Waals surface area contributed by atoms with Crippen LogP contribution in [0.1, 0.15) is 22.5 Å². The number of aliphatic imine (C=N–C) groups is 2. The molecule has 0 saturated carbocycles. The first-order valence-electron chi connectivity index (χ1n) is 10.00. The molecule has 0 bridgehead atoms. The van der Waals surface area contributed by atoms with Gasteiger partial charge in [-0.2, -0.15) is 9.35 Å². The summed E-state index contributed by atoms with van der Waals surface area (Å²) in [7, 11) is 0. The fraction of sp³-hybridized carbons (Fsp3) is 0. The molecule has 2 aliphatic rings. The lowest BCUT2D eigenvalue weighted by molar-refractivity contribution is 0.450. The molecule has 6 heterocycles. The highest BCUT2D eigenvalue weighted by atomic mass is 16.3. The molecule has 0 spiro atoms. The minimum absolute atomic E-state index is 0.0125. The number of aromatic amines is 2. The van der Waals surface area contributed by atoms with Gasteiger partial charge in [-0.3, -0.25) is 29.9 Å². The summed E-state index contributed by atoms with van der Waals surface area (Å²) in [5.41, 5.74) is 2.33. The maximum absolute atomic E-state index is 12.8. The zero-order valence-electron chi connectivity index (χ0n) is 17.2. The number of aromatic nitrogens is 6. The smallest absolute Gasteiger partial charge is 0.348 e. The first-order chi connectivity index (χ1) is 16.5. The lowest BCUT2D eigenvalue weighted by atomic mass is 10.1. The standard InChI is InChI=1S/C22H14N8O4/c31-19-17(5-11-7-25-15-9-23-3-1-13(11)15)29(21(33)27-19)30-18(20(32)28-22(30)34)6-12-8-26-16-10-24-4-2-14(12)16/h1-10,31-32H,(H,27,33)(H,28,34). The average Bonchev–Trinajstić information content (AvgIpc) is 3.56. The maximum Gasteiger partial charge on any atom is 0.348 e. The second-order valence-electron chi connectivity index (χ2n) is 7.45. The molecule has 0 aliphatic carbocycles. The van der Waals surface area contributed by atoms with Gasteiger partial charge in [0.2, 0.25) is 11.8 Å². The van der Waals surface area contributed by atoms with E-state index < -0.39 is 23.1 Å². The molecule has 4 aromatic heterocycles. The van der Waals surface area contributed by atoms with E-state index in [1.165, 1.54) is 12.2 Å². The number of nitrogens with one attached hydrogen (secondary N) is 2. The van der Waals surface area contributed by atoms with Crippen LogP contribution in [0.15, 0.2) is 56.5 Å². The Labute approximate surface area is 189 Å². The molecule has 0 radical (unpaired) electrons. The first kappa shape index (κ1) is 19.4. The Kier molecular flexibility index (Phi) is 4.07. The van der Waals surface area contributed by atoms with E-state index in [9.17, 15) is 19.8 Å². The first-order valence-corrected chi connectivity index (χ1v) is 10.00. The highest BCUT2D eigenvalue weighted by molar-refractivity contribution is 6.22. The summed E-state index contributed by atoms with van der Waals surface area (Å²) in [5, 5.41) is 21.0. The van der Waals surface area contributed by atoms with E-state index in [1.54, 1.807) is 49.3 Å². The summed E-state index contributed by atoms with van der Waals surface area (Å²) in [4.78, 5) is 46.8. The van der Waals surface area contributed by atoms with Gasteiger partial charge in [0.15, 0.2) is 0 Å². The third-order valence-electron chi connectivity index (χ3n) is 5.47. The number of H-pyrrole nitrogens is 2. The third-order valence-corrected chi connectivity index (χ3v) is 5.47. The van der Waals surface area contributed by atoms with Crippen LogP contribution in [-0.2, 0) is 0 Å². The van der Waals surface area contributed by atoms with E-state index in [4.69, 9.17) is 0 Å². The fourth-order valence-electron chi connectivity index (χ4n) is 3.92. The average molecular weight is 454 g/mol. The van der Waals surface area contributed by atoms with Crippen LogP contribution in [0.2, 0.25) is 0 Å². The van der Waals surface area contributed by atoms with Gasteiger partial charge in [-0.15, -0.1) is 0 Å². The summed E-state index contributed by atoms with van der Waals surface area (Å²) in [6.07, 6.45) is 12.5. The molecule has 0 aromatic carbocycles. The van der Waals surface area contributed by atoms with Crippen molar-refractivity contribution in [3.8, 4) is 11.8 Å². The van der Waals surface area contributed by atoms with Crippen molar-refractivity contribution in [3.63, 3.8) is 0 Å². The van der Waals surface area contributed by atoms with Gasteiger partial charge in [0.1, 0.15) is 11.4 Å². The van der Waals surface area contributed by atoms with Crippen molar-refractivity contribution in [3.05, 3.63) is 80.4 Å². The summed E-state index contributed by atoms with van der Waals surface area (Å²) in [5.74, 6) is -0.920. The molecule has 0 saturated heterocycles. The molecule has 4 N–H and O–H groups in total. The Morgan fingerprint density at radius 2 is 1.18 bits per heavy atom. The zero-order chi connectivity index (χ0) is 23.4.